The molecule has 0 aliphatic heterocycles. The van der Waals surface area contributed by atoms with Crippen LogP contribution < -0.4 is 10.6 Å². The van der Waals surface area contributed by atoms with Crippen LogP contribution in [0.25, 0.3) is 21.5 Å². The van der Waals surface area contributed by atoms with E-state index in [1.807, 2.05) is 60.7 Å². The Morgan fingerprint density at radius 3 is 1.46 bits per heavy atom. The predicted molar refractivity (Wildman–Crippen MR) is 113 cm³/mol. The number of hydrogen-bond acceptors (Lipinski definition) is 2. The zero-order valence-corrected chi connectivity index (χ0v) is 15.7. The fourth-order valence-electron chi connectivity index (χ4n) is 3.56. The summed E-state index contributed by atoms with van der Waals surface area (Å²) in [6.07, 6.45) is 0. The van der Waals surface area contributed by atoms with E-state index in [1.165, 1.54) is 0 Å². The van der Waals surface area contributed by atoms with E-state index in [1.54, 1.807) is 0 Å². The van der Waals surface area contributed by atoms with Crippen LogP contribution in [-0.4, -0.2) is 15.9 Å². The molecule has 4 aromatic rings. The lowest BCUT2D eigenvalue weighted by atomic mass is 10.1. The molecule has 2 N–H and O–H groups in total. The Morgan fingerprint density at radius 1 is 0.615 bits per heavy atom. The van der Waals surface area contributed by atoms with Gasteiger partial charge in [0.05, 0.1) is 0 Å². The largest absolute Gasteiger partial charge is 0.507 e. The van der Waals surface area contributed by atoms with Gasteiger partial charge in [0.25, 0.3) is 0 Å². The van der Waals surface area contributed by atoms with Crippen LogP contribution in [0.5, 0.6) is 11.5 Å². The van der Waals surface area contributed by atoms with Crippen molar-refractivity contribution in [3.63, 3.8) is 0 Å². The topological polar surface area (TPSA) is 40.5 Å². The lowest BCUT2D eigenvalue weighted by Crippen LogP contribution is -2.19. The second-order valence-corrected chi connectivity index (χ2v) is 9.51. The van der Waals surface area contributed by atoms with Crippen LogP contribution in [0, 0.1) is 0 Å². The minimum absolute atomic E-state index is 0.282. The lowest BCUT2D eigenvalue weighted by molar-refractivity contribution is 0.485. The van der Waals surface area contributed by atoms with Crippen LogP contribution in [0.3, 0.4) is 0 Å². The van der Waals surface area contributed by atoms with Crippen molar-refractivity contribution in [2.45, 2.75) is 19.5 Å². The zero-order valence-electron chi connectivity index (χ0n) is 14.8. The summed E-state index contributed by atoms with van der Waals surface area (Å²) in [5, 5.41) is 27.5. The SMILES string of the molecule is CC(C)P(c1ccc2ccccc2c1O)c1ccc2ccccc2c1O. The van der Waals surface area contributed by atoms with Gasteiger partial charge >= 0.3 is 0 Å². The van der Waals surface area contributed by atoms with Gasteiger partial charge in [0.2, 0.25) is 0 Å². The first-order chi connectivity index (χ1) is 12.6. The fraction of sp³-hybridized carbons (Fsp3) is 0.130. The summed E-state index contributed by atoms with van der Waals surface area (Å²) in [5.41, 5.74) is 0.282. The molecule has 0 amide bonds. The number of benzene rings is 4. The van der Waals surface area contributed by atoms with Crippen molar-refractivity contribution in [2.24, 2.45) is 0 Å². The van der Waals surface area contributed by atoms with Gasteiger partial charge in [0, 0.05) is 21.4 Å². The maximum atomic E-state index is 11.0. The Morgan fingerprint density at radius 2 is 1.04 bits per heavy atom. The van der Waals surface area contributed by atoms with Crippen molar-refractivity contribution >= 4 is 40.1 Å². The van der Waals surface area contributed by atoms with E-state index < -0.39 is 7.92 Å². The maximum Gasteiger partial charge on any atom is 0.131 e. The van der Waals surface area contributed by atoms with Gasteiger partial charge in [-0.1, -0.05) is 74.5 Å². The summed E-state index contributed by atoms with van der Waals surface area (Å²) in [5.74, 6) is 0.658. The summed E-state index contributed by atoms with van der Waals surface area (Å²) in [4.78, 5) is 0. The summed E-state index contributed by atoms with van der Waals surface area (Å²) in [7, 11) is -0.898. The molecule has 0 atom stereocenters. The molecule has 0 saturated carbocycles. The van der Waals surface area contributed by atoms with Crippen molar-refractivity contribution in [1.29, 1.82) is 0 Å². The van der Waals surface area contributed by atoms with E-state index in [-0.39, 0.29) is 5.66 Å². The van der Waals surface area contributed by atoms with Crippen LogP contribution in [0.1, 0.15) is 13.8 Å². The second kappa shape index (κ2) is 6.63. The molecular formula is C23H21O2P. The van der Waals surface area contributed by atoms with Crippen LogP contribution in [0.2, 0.25) is 0 Å². The molecule has 0 saturated heterocycles. The highest BCUT2D eigenvalue weighted by atomic mass is 31.1. The molecule has 0 aliphatic rings. The van der Waals surface area contributed by atoms with Crippen LogP contribution >= 0.6 is 7.92 Å². The van der Waals surface area contributed by atoms with Gasteiger partial charge in [-0.25, -0.2) is 0 Å². The van der Waals surface area contributed by atoms with Crippen molar-refractivity contribution in [1.82, 2.24) is 0 Å². The van der Waals surface area contributed by atoms with Crippen LogP contribution in [0.15, 0.2) is 72.8 Å². The van der Waals surface area contributed by atoms with Crippen molar-refractivity contribution in [2.75, 3.05) is 0 Å². The minimum Gasteiger partial charge on any atom is -0.507 e. The average Bonchev–Trinajstić information content (AvgIpc) is 2.66. The van der Waals surface area contributed by atoms with Crippen LogP contribution in [0.4, 0.5) is 0 Å². The minimum atomic E-state index is -0.898. The van der Waals surface area contributed by atoms with Gasteiger partial charge in [-0.15, -0.1) is 0 Å². The van der Waals surface area contributed by atoms with E-state index in [9.17, 15) is 10.2 Å². The number of fused-ring (bicyclic) bond motifs is 2. The number of rotatable bonds is 3. The molecule has 26 heavy (non-hydrogen) atoms. The molecule has 3 heteroatoms. The standard InChI is InChI=1S/C23H21O2P/c1-15(2)26(20-13-11-16-7-3-5-9-18(16)22(20)24)21-14-12-17-8-4-6-10-19(17)23(21)25/h3-15,24-25H,1-2H3. The average molecular weight is 360 g/mol. The molecule has 0 radical (unpaired) electrons. The van der Waals surface area contributed by atoms with E-state index in [2.05, 4.69) is 26.0 Å². The summed E-state index contributed by atoms with van der Waals surface area (Å²) in [6.45, 7) is 4.30. The molecule has 0 fully saturated rings. The number of phenolic OH excluding ortho intramolecular Hbond substituents is 2. The highest BCUT2D eigenvalue weighted by molar-refractivity contribution is 7.74. The maximum absolute atomic E-state index is 11.0. The van der Waals surface area contributed by atoms with Gasteiger partial charge in [-0.05, 0) is 36.5 Å². The number of aromatic hydroxyl groups is 2. The fourth-order valence-corrected chi connectivity index (χ4v) is 6.10. The third-order valence-corrected chi connectivity index (χ3v) is 7.59. The molecule has 4 aromatic carbocycles. The highest BCUT2D eigenvalue weighted by Crippen LogP contribution is 2.46. The highest BCUT2D eigenvalue weighted by Gasteiger charge is 2.25. The Bertz CT molecular complexity index is 1020. The van der Waals surface area contributed by atoms with Gasteiger partial charge in [-0.2, -0.15) is 0 Å². The van der Waals surface area contributed by atoms with E-state index >= 15 is 0 Å². The third kappa shape index (κ3) is 2.71. The quantitative estimate of drug-likeness (QED) is 0.490. The Hall–Kier alpha value is -2.57. The second-order valence-electron chi connectivity index (χ2n) is 6.77. The molecule has 4 rings (SSSR count). The van der Waals surface area contributed by atoms with Gasteiger partial charge in [-0.3, -0.25) is 0 Å². The molecule has 0 heterocycles. The lowest BCUT2D eigenvalue weighted by Gasteiger charge is -2.25. The summed E-state index contributed by atoms with van der Waals surface area (Å²) < 4.78 is 0. The van der Waals surface area contributed by atoms with Gasteiger partial charge in [0.15, 0.2) is 0 Å². The molecule has 130 valence electrons. The number of phenols is 2. The van der Waals surface area contributed by atoms with Crippen molar-refractivity contribution in [3.8, 4) is 11.5 Å². The number of hydrogen-bond donors (Lipinski definition) is 2. The molecule has 0 aliphatic carbocycles. The van der Waals surface area contributed by atoms with Gasteiger partial charge in [0.1, 0.15) is 11.5 Å². The van der Waals surface area contributed by atoms with Crippen molar-refractivity contribution < 1.29 is 10.2 Å². The van der Waals surface area contributed by atoms with Crippen LogP contribution in [-0.2, 0) is 0 Å². The Balaban J connectivity index is 1.95. The van der Waals surface area contributed by atoms with Gasteiger partial charge < -0.3 is 10.2 Å². The Kier molecular flexibility index (Phi) is 4.30. The molecule has 2 nitrogen and oxygen atoms in total. The Labute approximate surface area is 154 Å². The smallest absolute Gasteiger partial charge is 0.131 e. The molecule has 0 bridgehead atoms. The van der Waals surface area contributed by atoms with E-state index in [0.29, 0.717) is 11.5 Å². The monoisotopic (exact) mass is 360 g/mol. The molecular weight excluding hydrogens is 339 g/mol. The van der Waals surface area contributed by atoms with E-state index in [0.717, 1.165) is 32.2 Å². The zero-order chi connectivity index (χ0) is 18.3. The first-order valence-corrected chi connectivity index (χ1v) is 10.2. The van der Waals surface area contributed by atoms with E-state index in [4.69, 9.17) is 0 Å². The summed E-state index contributed by atoms with van der Waals surface area (Å²) >= 11 is 0. The normalized spacial score (nSPS) is 11.7. The molecule has 0 spiro atoms. The third-order valence-electron chi connectivity index (χ3n) is 4.79. The van der Waals surface area contributed by atoms with Crippen molar-refractivity contribution in [3.05, 3.63) is 72.8 Å². The predicted octanol–water partition coefficient (Wildman–Crippen LogP) is 5.25. The first kappa shape index (κ1) is 16.9. The molecule has 0 unspecified atom stereocenters. The molecule has 0 aromatic heterocycles. The summed E-state index contributed by atoms with van der Waals surface area (Å²) in [6, 6.07) is 23.9. The first-order valence-electron chi connectivity index (χ1n) is 8.78.